The normalized spacial score (nSPS) is 16.1. The molecule has 0 bridgehead atoms. The Morgan fingerprint density at radius 2 is 2.04 bits per heavy atom. The number of nitrogens with zero attached hydrogens (tertiary/aromatic N) is 1. The van der Waals surface area contributed by atoms with Crippen LogP contribution in [-0.4, -0.2) is 32.9 Å². The highest BCUT2D eigenvalue weighted by molar-refractivity contribution is 7.89. The summed E-state index contributed by atoms with van der Waals surface area (Å²) in [5, 5.41) is 5.17. The van der Waals surface area contributed by atoms with Crippen LogP contribution in [0.15, 0.2) is 29.2 Å². The highest BCUT2D eigenvalue weighted by atomic mass is 32.2. The number of nitrogens with two attached hydrogens (primary N) is 1. The molecule has 0 radical (unpaired) electrons. The average molecular weight is 423 g/mol. The van der Waals surface area contributed by atoms with Gasteiger partial charge >= 0.3 is 5.97 Å². The zero-order chi connectivity index (χ0) is 20.6. The Bertz CT molecular complexity index is 1040. The highest BCUT2D eigenvalue weighted by Gasteiger charge is 2.32. The second kappa shape index (κ2) is 7.65. The first-order valence-electron chi connectivity index (χ1n) is 8.86. The Morgan fingerprint density at radius 1 is 1.32 bits per heavy atom. The first-order valence-corrected chi connectivity index (χ1v) is 11.2. The summed E-state index contributed by atoms with van der Waals surface area (Å²) < 4.78 is 28.3. The van der Waals surface area contributed by atoms with Gasteiger partial charge in [0.15, 0.2) is 6.61 Å². The van der Waals surface area contributed by atoms with Crippen LogP contribution in [0.25, 0.3) is 0 Å². The fraction of sp³-hybridized carbons (Fsp3) is 0.368. The van der Waals surface area contributed by atoms with Gasteiger partial charge < -0.3 is 9.64 Å². The molecule has 3 rings (SSSR count). The maximum absolute atomic E-state index is 12.7. The summed E-state index contributed by atoms with van der Waals surface area (Å²) in [5.41, 5.74) is 2.37. The van der Waals surface area contributed by atoms with Crippen LogP contribution in [0.2, 0.25) is 0 Å². The molecular weight excluding hydrogens is 400 g/mol. The number of carbonyl (C=O) groups excluding carboxylic acids is 2. The van der Waals surface area contributed by atoms with Crippen molar-refractivity contribution in [1.29, 1.82) is 0 Å². The topological polar surface area (TPSA) is 107 Å². The maximum atomic E-state index is 12.7. The van der Waals surface area contributed by atoms with Crippen LogP contribution in [0.1, 0.15) is 39.5 Å². The average Bonchev–Trinajstić information content (AvgIpc) is 3.16. The molecule has 1 aliphatic heterocycles. The third kappa shape index (κ3) is 3.96. The molecule has 9 heteroatoms. The van der Waals surface area contributed by atoms with Gasteiger partial charge in [0, 0.05) is 16.6 Å². The molecule has 0 unspecified atom stereocenters. The third-order valence-corrected chi connectivity index (χ3v) is 7.01. The number of hydrogen-bond acceptors (Lipinski definition) is 6. The standard InChI is InChI=1S/C19H22N2O5S2/c1-4-16-11(2)7-17(27-16)19(23)26-10-18(22)21-12(3)8-13-9-14(28(20,24)25)5-6-15(13)21/h5-7,9,12H,4,8,10H2,1-3H3,(H2,20,24,25)/t12-/m1/s1. The molecular formula is C19H22N2O5S2. The highest BCUT2D eigenvalue weighted by Crippen LogP contribution is 2.34. The number of thiophene rings is 1. The van der Waals surface area contributed by atoms with Crippen LogP contribution in [0.4, 0.5) is 5.69 Å². The predicted molar refractivity (Wildman–Crippen MR) is 107 cm³/mol. The van der Waals surface area contributed by atoms with Crippen LogP contribution in [0.5, 0.6) is 0 Å². The monoisotopic (exact) mass is 422 g/mol. The fourth-order valence-corrected chi connectivity index (χ4v) is 4.98. The van der Waals surface area contributed by atoms with Crippen molar-refractivity contribution in [3.05, 3.63) is 45.1 Å². The van der Waals surface area contributed by atoms with Gasteiger partial charge in [0.2, 0.25) is 10.0 Å². The molecule has 2 heterocycles. The van der Waals surface area contributed by atoms with E-state index in [2.05, 4.69) is 0 Å². The zero-order valence-electron chi connectivity index (χ0n) is 15.9. The number of fused-ring (bicyclic) bond motifs is 1. The second-order valence-corrected chi connectivity index (χ2v) is 9.50. The van der Waals surface area contributed by atoms with E-state index >= 15 is 0 Å². The molecule has 1 amide bonds. The third-order valence-electron chi connectivity index (χ3n) is 4.73. The van der Waals surface area contributed by atoms with E-state index in [4.69, 9.17) is 9.88 Å². The van der Waals surface area contributed by atoms with Crippen LogP contribution in [0, 0.1) is 6.92 Å². The molecule has 0 aliphatic carbocycles. The summed E-state index contributed by atoms with van der Waals surface area (Å²) in [6, 6.07) is 6.03. The Morgan fingerprint density at radius 3 is 2.64 bits per heavy atom. The largest absolute Gasteiger partial charge is 0.451 e. The Hall–Kier alpha value is -2.23. The minimum absolute atomic E-state index is 0.0129. The van der Waals surface area contributed by atoms with Crippen molar-refractivity contribution in [3.8, 4) is 0 Å². The number of benzene rings is 1. The number of sulfonamides is 1. The summed E-state index contributed by atoms with van der Waals surface area (Å²) in [5.74, 6) is -0.871. The lowest BCUT2D eigenvalue weighted by molar-refractivity contribution is -0.122. The number of rotatable bonds is 5. The molecule has 28 heavy (non-hydrogen) atoms. The van der Waals surface area contributed by atoms with Crippen molar-refractivity contribution in [3.63, 3.8) is 0 Å². The summed E-state index contributed by atoms with van der Waals surface area (Å²) in [4.78, 5) is 28.1. The van der Waals surface area contributed by atoms with Gasteiger partial charge in [0.05, 0.1) is 4.90 Å². The number of esters is 1. The number of carbonyl (C=O) groups is 2. The lowest BCUT2D eigenvalue weighted by Crippen LogP contribution is -2.38. The molecule has 7 nitrogen and oxygen atoms in total. The number of hydrogen-bond donors (Lipinski definition) is 1. The van der Waals surface area contributed by atoms with Crippen molar-refractivity contribution >= 4 is 38.9 Å². The first-order chi connectivity index (χ1) is 13.1. The molecule has 0 spiro atoms. The number of amides is 1. The lowest BCUT2D eigenvalue weighted by Gasteiger charge is -2.22. The van der Waals surface area contributed by atoms with Crippen LogP contribution >= 0.6 is 11.3 Å². The van der Waals surface area contributed by atoms with Crippen LogP contribution in [-0.2, 0) is 32.4 Å². The molecule has 1 aromatic heterocycles. The van der Waals surface area contributed by atoms with Gasteiger partial charge in [0.25, 0.3) is 5.91 Å². The molecule has 1 aromatic carbocycles. The maximum Gasteiger partial charge on any atom is 0.348 e. The van der Waals surface area contributed by atoms with E-state index in [1.165, 1.54) is 28.4 Å². The minimum Gasteiger partial charge on any atom is -0.451 e. The van der Waals surface area contributed by atoms with Gasteiger partial charge in [-0.15, -0.1) is 11.3 Å². The number of anilines is 1. The molecule has 0 fully saturated rings. The summed E-state index contributed by atoms with van der Waals surface area (Å²) in [6.07, 6.45) is 1.34. The van der Waals surface area contributed by atoms with E-state index < -0.39 is 16.0 Å². The molecule has 2 aromatic rings. The van der Waals surface area contributed by atoms with E-state index in [0.29, 0.717) is 17.0 Å². The number of ether oxygens (including phenoxy) is 1. The van der Waals surface area contributed by atoms with Gasteiger partial charge in [-0.3, -0.25) is 4.79 Å². The van der Waals surface area contributed by atoms with Gasteiger partial charge in [-0.25, -0.2) is 18.4 Å². The van der Waals surface area contributed by atoms with Crippen molar-refractivity contribution in [2.45, 2.75) is 44.6 Å². The summed E-state index contributed by atoms with van der Waals surface area (Å²) >= 11 is 1.38. The quantitative estimate of drug-likeness (QED) is 0.745. The molecule has 0 saturated carbocycles. The predicted octanol–water partition coefficient (Wildman–Crippen LogP) is 2.40. The van der Waals surface area contributed by atoms with Crippen LogP contribution < -0.4 is 10.0 Å². The van der Waals surface area contributed by atoms with Crippen molar-refractivity contribution in [1.82, 2.24) is 0 Å². The first kappa shape index (κ1) is 20.5. The van der Waals surface area contributed by atoms with E-state index in [1.807, 2.05) is 20.8 Å². The smallest absolute Gasteiger partial charge is 0.348 e. The van der Waals surface area contributed by atoms with Gasteiger partial charge in [-0.2, -0.15) is 0 Å². The Kier molecular flexibility index (Phi) is 5.60. The van der Waals surface area contributed by atoms with Gasteiger partial charge in [0.1, 0.15) is 4.88 Å². The second-order valence-electron chi connectivity index (χ2n) is 6.80. The van der Waals surface area contributed by atoms with E-state index in [9.17, 15) is 18.0 Å². The van der Waals surface area contributed by atoms with E-state index in [-0.39, 0.29) is 23.5 Å². The van der Waals surface area contributed by atoms with E-state index in [0.717, 1.165) is 22.4 Å². The number of primary sulfonamides is 1. The molecule has 2 N–H and O–H groups in total. The van der Waals surface area contributed by atoms with Crippen molar-refractivity contribution < 1.29 is 22.7 Å². The fourth-order valence-electron chi connectivity index (χ4n) is 3.40. The SMILES string of the molecule is CCc1sc(C(=O)OCC(=O)N2c3ccc(S(N)(=O)=O)cc3C[C@H]2C)cc1C. The Balaban J connectivity index is 1.72. The Labute approximate surface area is 168 Å². The summed E-state index contributed by atoms with van der Waals surface area (Å²) in [6.45, 7) is 5.44. The molecule has 0 saturated heterocycles. The molecule has 150 valence electrons. The lowest BCUT2D eigenvalue weighted by atomic mass is 10.1. The molecule has 1 atom stereocenters. The number of aryl methyl sites for hydroxylation is 2. The summed E-state index contributed by atoms with van der Waals surface area (Å²) in [7, 11) is -3.81. The van der Waals surface area contributed by atoms with E-state index in [1.54, 1.807) is 12.1 Å². The van der Waals surface area contributed by atoms with Gasteiger partial charge in [-0.05, 0) is 62.1 Å². The van der Waals surface area contributed by atoms with Crippen LogP contribution in [0.3, 0.4) is 0 Å². The van der Waals surface area contributed by atoms with Gasteiger partial charge in [-0.1, -0.05) is 6.92 Å². The minimum atomic E-state index is -3.81. The van der Waals surface area contributed by atoms with Crippen molar-refractivity contribution in [2.75, 3.05) is 11.5 Å². The van der Waals surface area contributed by atoms with Crippen molar-refractivity contribution in [2.24, 2.45) is 5.14 Å². The zero-order valence-corrected chi connectivity index (χ0v) is 17.5. The molecule has 1 aliphatic rings.